The van der Waals surface area contributed by atoms with Crippen LogP contribution in [-0.2, 0) is 11.3 Å². The maximum absolute atomic E-state index is 11.2. The summed E-state index contributed by atoms with van der Waals surface area (Å²) in [4.78, 5) is 11.2. The molecule has 0 aliphatic heterocycles. The number of rotatable bonds is 6. The maximum atomic E-state index is 11.2. The van der Waals surface area contributed by atoms with Crippen molar-refractivity contribution in [1.29, 1.82) is 0 Å². The molecule has 0 bridgehead atoms. The fourth-order valence-corrected chi connectivity index (χ4v) is 2.30. The molecule has 0 aliphatic carbocycles. The molecule has 106 valence electrons. The monoisotopic (exact) mass is 272 g/mol. The van der Waals surface area contributed by atoms with E-state index in [0.29, 0.717) is 18.7 Å². The largest absolute Gasteiger partial charge is 0.384 e. The second kappa shape index (κ2) is 6.48. The van der Waals surface area contributed by atoms with Crippen LogP contribution in [0.3, 0.4) is 0 Å². The Balaban J connectivity index is 2.26. The van der Waals surface area contributed by atoms with Gasteiger partial charge in [-0.15, -0.1) is 0 Å². The molecule has 0 saturated heterocycles. The minimum Gasteiger partial charge on any atom is -0.384 e. The lowest BCUT2D eigenvalue weighted by Crippen LogP contribution is -2.07. The third-order valence-electron chi connectivity index (χ3n) is 3.42. The van der Waals surface area contributed by atoms with Crippen LogP contribution in [0.2, 0.25) is 0 Å². The number of nitrogens with zero attached hydrogens (tertiary/aromatic N) is 2. The number of carbonyl (C=O) groups is 1. The zero-order chi connectivity index (χ0) is 14.5. The fourth-order valence-electron chi connectivity index (χ4n) is 2.30. The molecule has 0 fully saturated rings. The Morgan fingerprint density at radius 2 is 2.15 bits per heavy atom. The van der Waals surface area contributed by atoms with Crippen LogP contribution in [0, 0.1) is 6.92 Å². The van der Waals surface area contributed by atoms with Gasteiger partial charge in [0.25, 0.3) is 0 Å². The Bertz CT molecular complexity index is 590. The SMILES string of the molecule is COCC(C)c1nn(Cc2ccccc2C)cc1C=O. The summed E-state index contributed by atoms with van der Waals surface area (Å²) in [5.74, 6) is 0.110. The molecule has 2 aromatic rings. The number of carbonyl (C=O) groups excluding carboxylic acids is 1. The van der Waals surface area contributed by atoms with Gasteiger partial charge in [0, 0.05) is 19.2 Å². The zero-order valence-electron chi connectivity index (χ0n) is 12.2. The summed E-state index contributed by atoms with van der Waals surface area (Å²) in [5, 5.41) is 4.54. The van der Waals surface area contributed by atoms with Gasteiger partial charge < -0.3 is 4.74 Å². The molecule has 1 atom stereocenters. The molecule has 4 nitrogen and oxygen atoms in total. The topological polar surface area (TPSA) is 44.1 Å². The van der Waals surface area contributed by atoms with Gasteiger partial charge in [0.2, 0.25) is 0 Å². The summed E-state index contributed by atoms with van der Waals surface area (Å²) in [6.07, 6.45) is 2.67. The van der Waals surface area contributed by atoms with Gasteiger partial charge in [-0.2, -0.15) is 5.10 Å². The highest BCUT2D eigenvalue weighted by Gasteiger charge is 2.15. The van der Waals surface area contributed by atoms with Gasteiger partial charge in [-0.3, -0.25) is 9.48 Å². The van der Waals surface area contributed by atoms with Gasteiger partial charge in [-0.25, -0.2) is 0 Å². The van der Waals surface area contributed by atoms with Crippen LogP contribution >= 0.6 is 0 Å². The number of hydrogen-bond acceptors (Lipinski definition) is 3. The van der Waals surface area contributed by atoms with Gasteiger partial charge in [-0.1, -0.05) is 31.2 Å². The number of ether oxygens (including phenoxy) is 1. The first-order chi connectivity index (χ1) is 9.65. The Morgan fingerprint density at radius 3 is 2.80 bits per heavy atom. The van der Waals surface area contributed by atoms with Crippen molar-refractivity contribution in [2.24, 2.45) is 0 Å². The molecule has 0 saturated carbocycles. The molecular formula is C16H20N2O2. The quantitative estimate of drug-likeness (QED) is 0.759. The average molecular weight is 272 g/mol. The highest BCUT2D eigenvalue weighted by molar-refractivity contribution is 5.76. The third-order valence-corrected chi connectivity index (χ3v) is 3.42. The Hall–Kier alpha value is -1.94. The number of aldehydes is 1. The van der Waals surface area contributed by atoms with Crippen LogP contribution in [0.15, 0.2) is 30.5 Å². The first kappa shape index (κ1) is 14.5. The molecule has 4 heteroatoms. The number of aromatic nitrogens is 2. The lowest BCUT2D eigenvalue weighted by atomic mass is 10.1. The first-order valence-corrected chi connectivity index (χ1v) is 6.71. The molecule has 2 rings (SSSR count). The van der Waals surface area contributed by atoms with Crippen LogP contribution < -0.4 is 0 Å². The summed E-state index contributed by atoms with van der Waals surface area (Å²) >= 11 is 0. The Kier molecular flexibility index (Phi) is 4.69. The Labute approximate surface area is 119 Å². The van der Waals surface area contributed by atoms with Crippen LogP contribution in [0.1, 0.15) is 40.0 Å². The molecule has 1 heterocycles. The van der Waals surface area contributed by atoms with Crippen molar-refractivity contribution in [2.45, 2.75) is 26.3 Å². The number of hydrogen-bond donors (Lipinski definition) is 0. The predicted octanol–water partition coefficient (Wildman–Crippen LogP) is 2.80. The van der Waals surface area contributed by atoms with Gasteiger partial charge in [0.05, 0.1) is 24.4 Å². The second-order valence-electron chi connectivity index (χ2n) is 5.07. The smallest absolute Gasteiger partial charge is 0.153 e. The van der Waals surface area contributed by atoms with Crippen LogP contribution in [0.4, 0.5) is 0 Å². The van der Waals surface area contributed by atoms with E-state index >= 15 is 0 Å². The van der Waals surface area contributed by atoms with E-state index in [0.717, 1.165) is 12.0 Å². The molecule has 1 aromatic carbocycles. The lowest BCUT2D eigenvalue weighted by Gasteiger charge is -2.08. The standard InChI is InChI=1S/C16H20N2O2/c1-12-6-4-5-7-14(12)8-18-9-15(10-19)16(17-18)13(2)11-20-3/h4-7,9-10,13H,8,11H2,1-3H3. The highest BCUT2D eigenvalue weighted by Crippen LogP contribution is 2.18. The molecule has 1 aromatic heterocycles. The van der Waals surface area contributed by atoms with E-state index in [9.17, 15) is 4.79 Å². The van der Waals surface area contributed by atoms with E-state index in [1.165, 1.54) is 11.1 Å². The van der Waals surface area contributed by atoms with E-state index in [1.54, 1.807) is 13.3 Å². The van der Waals surface area contributed by atoms with Crippen molar-refractivity contribution in [3.8, 4) is 0 Å². The predicted molar refractivity (Wildman–Crippen MR) is 78.2 cm³/mol. The van der Waals surface area contributed by atoms with Gasteiger partial charge in [-0.05, 0) is 18.1 Å². The van der Waals surface area contributed by atoms with Crippen molar-refractivity contribution in [2.75, 3.05) is 13.7 Å². The second-order valence-corrected chi connectivity index (χ2v) is 5.07. The van der Waals surface area contributed by atoms with Gasteiger partial charge >= 0.3 is 0 Å². The Morgan fingerprint density at radius 1 is 1.40 bits per heavy atom. The summed E-state index contributed by atoms with van der Waals surface area (Å²) < 4.78 is 6.97. The molecule has 1 unspecified atom stereocenters. The lowest BCUT2D eigenvalue weighted by molar-refractivity contribution is 0.112. The van der Waals surface area contributed by atoms with Gasteiger partial charge in [0.15, 0.2) is 6.29 Å². The van der Waals surface area contributed by atoms with E-state index in [4.69, 9.17) is 4.74 Å². The van der Waals surface area contributed by atoms with E-state index in [-0.39, 0.29) is 5.92 Å². The van der Waals surface area contributed by atoms with E-state index < -0.39 is 0 Å². The van der Waals surface area contributed by atoms with Crippen LogP contribution in [-0.4, -0.2) is 29.8 Å². The fraction of sp³-hybridized carbons (Fsp3) is 0.375. The molecule has 0 radical (unpaired) electrons. The maximum Gasteiger partial charge on any atom is 0.153 e. The summed E-state index contributed by atoms with van der Waals surface area (Å²) in [7, 11) is 1.65. The van der Waals surface area contributed by atoms with E-state index in [1.807, 2.05) is 23.7 Å². The average Bonchev–Trinajstić information content (AvgIpc) is 2.85. The molecule has 0 N–H and O–H groups in total. The number of methoxy groups -OCH3 is 1. The summed E-state index contributed by atoms with van der Waals surface area (Å²) in [6.45, 7) is 5.32. The molecule has 0 spiro atoms. The van der Waals surface area contributed by atoms with Crippen LogP contribution in [0.5, 0.6) is 0 Å². The van der Waals surface area contributed by atoms with Crippen molar-refractivity contribution in [3.05, 3.63) is 52.8 Å². The number of aryl methyl sites for hydroxylation is 1. The third kappa shape index (κ3) is 3.14. The van der Waals surface area contributed by atoms with Crippen molar-refractivity contribution in [1.82, 2.24) is 9.78 Å². The normalized spacial score (nSPS) is 12.3. The van der Waals surface area contributed by atoms with Gasteiger partial charge in [0.1, 0.15) is 0 Å². The van der Waals surface area contributed by atoms with Crippen molar-refractivity contribution < 1.29 is 9.53 Å². The molecule has 0 aliphatic rings. The molecular weight excluding hydrogens is 252 g/mol. The molecule has 20 heavy (non-hydrogen) atoms. The van der Waals surface area contributed by atoms with Crippen molar-refractivity contribution in [3.63, 3.8) is 0 Å². The first-order valence-electron chi connectivity index (χ1n) is 6.71. The minimum atomic E-state index is 0.110. The number of benzene rings is 1. The van der Waals surface area contributed by atoms with Crippen molar-refractivity contribution >= 4 is 6.29 Å². The zero-order valence-corrected chi connectivity index (χ0v) is 12.2. The van der Waals surface area contributed by atoms with E-state index in [2.05, 4.69) is 24.2 Å². The molecule has 0 amide bonds. The van der Waals surface area contributed by atoms with Crippen LogP contribution in [0.25, 0.3) is 0 Å². The minimum absolute atomic E-state index is 0.110. The summed E-state index contributed by atoms with van der Waals surface area (Å²) in [5.41, 5.74) is 3.87. The summed E-state index contributed by atoms with van der Waals surface area (Å²) in [6, 6.07) is 8.19. The highest BCUT2D eigenvalue weighted by atomic mass is 16.5.